The third-order valence-corrected chi connectivity index (χ3v) is 7.21. The highest BCUT2D eigenvalue weighted by molar-refractivity contribution is 5.88. The van der Waals surface area contributed by atoms with E-state index >= 15 is 0 Å². The number of esters is 1. The monoisotopic (exact) mass is 638 g/mol. The fraction of sp³-hybridized carbons (Fsp3) is 0.429. The van der Waals surface area contributed by atoms with Crippen molar-refractivity contribution in [2.24, 2.45) is 0 Å². The summed E-state index contributed by atoms with van der Waals surface area (Å²) in [6, 6.07) is 5.20. The van der Waals surface area contributed by atoms with Crippen molar-refractivity contribution >= 4 is 16.9 Å². The molecule has 17 nitrogen and oxygen atoms in total. The Bertz CT molecular complexity index is 1620. The van der Waals surface area contributed by atoms with Crippen LogP contribution in [-0.2, 0) is 23.7 Å². The van der Waals surface area contributed by atoms with E-state index in [2.05, 4.69) is 0 Å². The second kappa shape index (κ2) is 12.7. The summed E-state index contributed by atoms with van der Waals surface area (Å²) in [7, 11) is 0. The topological polar surface area (TPSA) is 275 Å². The molecule has 3 heterocycles. The lowest BCUT2D eigenvalue weighted by Crippen LogP contribution is -2.61. The van der Waals surface area contributed by atoms with Crippen LogP contribution in [0.3, 0.4) is 0 Å². The van der Waals surface area contributed by atoms with Crippen molar-refractivity contribution in [1.29, 1.82) is 0 Å². The normalized spacial score (nSPS) is 30.2. The van der Waals surface area contributed by atoms with E-state index in [0.29, 0.717) is 0 Å². The van der Waals surface area contributed by atoms with E-state index in [-0.39, 0.29) is 11.1 Å². The second-order valence-electron chi connectivity index (χ2n) is 10.4. The molecule has 0 unspecified atom stereocenters. The molecule has 0 saturated carbocycles. The molecule has 0 amide bonds. The summed E-state index contributed by atoms with van der Waals surface area (Å²) in [5, 5.41) is 91.7. The van der Waals surface area contributed by atoms with Crippen molar-refractivity contribution in [3.05, 3.63) is 40.6 Å². The molecule has 9 N–H and O–H groups in total. The molecule has 17 heteroatoms. The van der Waals surface area contributed by atoms with Crippen LogP contribution in [0.1, 0.15) is 6.92 Å². The van der Waals surface area contributed by atoms with Gasteiger partial charge in [-0.2, -0.15) is 0 Å². The lowest BCUT2D eigenvalue weighted by Gasteiger charge is -2.41. The molecule has 2 aromatic carbocycles. The minimum atomic E-state index is -1.99. The number of phenols is 4. The van der Waals surface area contributed by atoms with E-state index < -0.39 is 120 Å². The molecule has 0 aliphatic carbocycles. The molecular formula is C28H30O17. The predicted octanol–water partition coefficient (Wildman–Crippen LogP) is -1.50. The predicted molar refractivity (Wildman–Crippen MR) is 145 cm³/mol. The molecule has 9 atom stereocenters. The van der Waals surface area contributed by atoms with Gasteiger partial charge in [-0.3, -0.25) is 9.59 Å². The van der Waals surface area contributed by atoms with Crippen LogP contribution in [0.4, 0.5) is 0 Å². The van der Waals surface area contributed by atoms with Crippen LogP contribution in [0.5, 0.6) is 28.7 Å². The smallest absolute Gasteiger partial charge is 0.303 e. The van der Waals surface area contributed by atoms with Crippen LogP contribution in [0, 0.1) is 0 Å². The highest BCUT2D eigenvalue weighted by atomic mass is 16.7. The maximum absolute atomic E-state index is 13.6. The summed E-state index contributed by atoms with van der Waals surface area (Å²) in [6.07, 6.45) is -15.1. The Morgan fingerprint density at radius 2 is 1.62 bits per heavy atom. The van der Waals surface area contributed by atoms with Crippen LogP contribution in [-0.4, -0.2) is 120 Å². The average Bonchev–Trinajstić information content (AvgIpc) is 2.97. The maximum atomic E-state index is 13.6. The summed E-state index contributed by atoms with van der Waals surface area (Å²) >= 11 is 0. The van der Waals surface area contributed by atoms with Gasteiger partial charge < -0.3 is 74.1 Å². The number of rotatable bonds is 7. The Hall–Kier alpha value is -4.20. The van der Waals surface area contributed by atoms with E-state index in [4.69, 9.17) is 28.1 Å². The summed E-state index contributed by atoms with van der Waals surface area (Å²) in [4.78, 5) is 25.1. The Labute approximate surface area is 252 Å². The lowest BCUT2D eigenvalue weighted by molar-refractivity contribution is -0.309. The van der Waals surface area contributed by atoms with Crippen LogP contribution < -0.4 is 10.2 Å². The molecule has 244 valence electrons. The number of aliphatic hydroxyl groups excluding tert-OH is 5. The van der Waals surface area contributed by atoms with Gasteiger partial charge in [0.15, 0.2) is 29.7 Å². The summed E-state index contributed by atoms with van der Waals surface area (Å²) in [5.74, 6) is -4.21. The molecule has 2 saturated heterocycles. The highest BCUT2D eigenvalue weighted by Gasteiger charge is 2.47. The molecule has 0 bridgehead atoms. The zero-order valence-corrected chi connectivity index (χ0v) is 23.3. The van der Waals surface area contributed by atoms with Crippen molar-refractivity contribution in [3.63, 3.8) is 0 Å². The number of aromatic hydroxyl groups is 4. The van der Waals surface area contributed by atoms with E-state index in [0.717, 1.165) is 31.2 Å². The number of aliphatic hydroxyl groups is 5. The van der Waals surface area contributed by atoms with Gasteiger partial charge in [0.25, 0.3) is 0 Å². The van der Waals surface area contributed by atoms with Gasteiger partial charge in [-0.05, 0) is 18.2 Å². The molecular weight excluding hydrogens is 608 g/mol. The van der Waals surface area contributed by atoms with Gasteiger partial charge in [0, 0.05) is 24.6 Å². The fourth-order valence-electron chi connectivity index (χ4n) is 4.91. The number of carbonyl (C=O) groups is 1. The van der Waals surface area contributed by atoms with E-state index in [1.165, 1.54) is 6.07 Å². The lowest BCUT2D eigenvalue weighted by atomic mass is 9.99. The number of phenolic OH excluding ortho intramolecular Hbond substituents is 4. The summed E-state index contributed by atoms with van der Waals surface area (Å²) in [6.45, 7) is 0.0296. The number of carbonyl (C=O) groups excluding carboxylic acids is 1. The van der Waals surface area contributed by atoms with Crippen LogP contribution >= 0.6 is 0 Å². The molecule has 2 fully saturated rings. The minimum absolute atomic E-state index is 0.0420. The zero-order valence-electron chi connectivity index (χ0n) is 23.3. The number of fused-ring (bicyclic) bond motifs is 1. The molecule has 5 rings (SSSR count). The van der Waals surface area contributed by atoms with Gasteiger partial charge >= 0.3 is 5.97 Å². The van der Waals surface area contributed by atoms with Gasteiger partial charge in [0.1, 0.15) is 59.1 Å². The molecule has 0 spiro atoms. The van der Waals surface area contributed by atoms with Crippen molar-refractivity contribution in [2.45, 2.75) is 62.2 Å². The summed E-state index contributed by atoms with van der Waals surface area (Å²) in [5.41, 5.74) is -1.38. The fourth-order valence-corrected chi connectivity index (χ4v) is 4.91. The first-order valence-corrected chi connectivity index (χ1v) is 13.4. The van der Waals surface area contributed by atoms with Crippen LogP contribution in [0.25, 0.3) is 22.3 Å². The number of hydrogen-bond acceptors (Lipinski definition) is 17. The maximum Gasteiger partial charge on any atom is 0.303 e. The third-order valence-electron chi connectivity index (χ3n) is 7.21. The number of benzene rings is 2. The Kier molecular flexibility index (Phi) is 9.06. The highest BCUT2D eigenvalue weighted by Crippen LogP contribution is 2.39. The van der Waals surface area contributed by atoms with Crippen molar-refractivity contribution in [2.75, 3.05) is 13.2 Å². The number of ether oxygens (including phenoxy) is 5. The standard InChI is InChI=1S/C28H30O17/c1-9(29)42-26-19(35)15(34)7-40-28(26)41-8-17-20(36)22(38)23(39)27(44-17)45-25-21(37)18-14(33)5-11(30)6-16(18)43-24(25)10-2-3-12(31)13(32)4-10/h2-6,15,17,19-20,22-23,26-28,30-36,38-39H,7-8H2,1H3/t15-,17+,19-,20-,22-,23+,26+,27-,28-/m0/s1. The van der Waals surface area contributed by atoms with Gasteiger partial charge in [-0.15, -0.1) is 0 Å². The zero-order chi connectivity index (χ0) is 32.7. The first kappa shape index (κ1) is 32.2. The SMILES string of the molecule is CC(=O)O[C@H]1[C@H](OC[C@H]2O[C@@H](Oc3c(-c4ccc(O)c(O)c4)oc4cc(O)cc(O)c4c3=O)[C@H](O)[C@@H](O)[C@H]2O)OC[C@H](O)[C@@H]1O. The Morgan fingerprint density at radius 3 is 2.31 bits per heavy atom. The first-order chi connectivity index (χ1) is 21.3. The van der Waals surface area contributed by atoms with E-state index in [1.54, 1.807) is 0 Å². The molecule has 1 aromatic heterocycles. The molecule has 0 radical (unpaired) electrons. The van der Waals surface area contributed by atoms with Crippen LogP contribution in [0.2, 0.25) is 0 Å². The first-order valence-electron chi connectivity index (χ1n) is 13.4. The van der Waals surface area contributed by atoms with Crippen molar-refractivity contribution in [1.82, 2.24) is 0 Å². The van der Waals surface area contributed by atoms with Crippen molar-refractivity contribution < 1.29 is 78.9 Å². The number of hydrogen-bond donors (Lipinski definition) is 9. The molecule has 45 heavy (non-hydrogen) atoms. The third kappa shape index (κ3) is 6.33. The molecule has 2 aliphatic rings. The van der Waals surface area contributed by atoms with Crippen LogP contribution in [0.15, 0.2) is 39.5 Å². The molecule has 3 aromatic rings. The van der Waals surface area contributed by atoms with Gasteiger partial charge in [-0.25, -0.2) is 0 Å². The summed E-state index contributed by atoms with van der Waals surface area (Å²) < 4.78 is 32.9. The Morgan fingerprint density at radius 1 is 0.889 bits per heavy atom. The van der Waals surface area contributed by atoms with E-state index in [1.807, 2.05) is 0 Å². The second-order valence-corrected chi connectivity index (χ2v) is 10.4. The largest absolute Gasteiger partial charge is 0.508 e. The quantitative estimate of drug-likeness (QED) is 0.105. The minimum Gasteiger partial charge on any atom is -0.508 e. The van der Waals surface area contributed by atoms with Gasteiger partial charge in [0.05, 0.1) is 13.2 Å². The molecule has 2 aliphatic heterocycles. The van der Waals surface area contributed by atoms with Gasteiger partial charge in [0.2, 0.25) is 17.5 Å². The van der Waals surface area contributed by atoms with E-state index in [9.17, 15) is 55.5 Å². The average molecular weight is 639 g/mol. The van der Waals surface area contributed by atoms with Crippen molar-refractivity contribution in [3.8, 4) is 40.1 Å². The Balaban J connectivity index is 1.47. The van der Waals surface area contributed by atoms with Gasteiger partial charge in [-0.1, -0.05) is 0 Å².